The Morgan fingerprint density at radius 3 is 2.60 bits per heavy atom. The first kappa shape index (κ1) is 36.4. The van der Waals surface area contributed by atoms with Crippen LogP contribution in [0.3, 0.4) is 0 Å². The van der Waals surface area contributed by atoms with Crippen molar-refractivity contribution < 1.29 is 37.4 Å². The fourth-order valence-electron chi connectivity index (χ4n) is 9.47. The second-order valence-corrected chi connectivity index (χ2v) is 16.1. The van der Waals surface area contributed by atoms with Crippen LogP contribution in [0.1, 0.15) is 104 Å². The lowest BCUT2D eigenvalue weighted by Crippen LogP contribution is -2.54. The number of anilines is 2. The predicted octanol–water partition coefficient (Wildman–Crippen LogP) is 6.93. The highest BCUT2D eigenvalue weighted by Gasteiger charge is 2.55. The number of methoxy groups -OCH3 is 1. The molecule has 2 aliphatic heterocycles. The predicted molar refractivity (Wildman–Crippen MR) is 185 cm³/mol. The van der Waals surface area contributed by atoms with Crippen LogP contribution in [0.2, 0.25) is 0 Å². The average Bonchev–Trinajstić information content (AvgIpc) is 3.58. The summed E-state index contributed by atoms with van der Waals surface area (Å²) in [4.78, 5) is 54.3. The van der Waals surface area contributed by atoms with Crippen molar-refractivity contribution in [2.45, 2.75) is 134 Å². The lowest BCUT2D eigenvalue weighted by molar-refractivity contribution is -0.140. The number of ether oxygens (including phenoxy) is 2. The van der Waals surface area contributed by atoms with E-state index in [2.05, 4.69) is 22.9 Å². The van der Waals surface area contributed by atoms with E-state index in [0.717, 1.165) is 44.9 Å². The number of carbonyl (C=O) groups excluding carboxylic acids is 4. The van der Waals surface area contributed by atoms with Gasteiger partial charge in [0, 0.05) is 19.0 Å². The standard InChI is InChI=1S/C38H54F2N4O6/c1-22-13-17-44(32(22)23(2)45)35(47)30(21-37(3)14-7-5-8-15-37)43-36(48)50-31-19-24-18-27(24)26(31)10-6-9-16-38(39,40)33-34(46)42-29-20-25(49-4)11-12-28(29)41-33/h11-12,20,22,24,26-27,30-33,41H,5-10,13-19,21H2,1-4H3,(H,42,46)(H,43,48)/t22-,24?,26-,27?,30?,31?,32+,33?/m1/s1. The Kier molecular flexibility index (Phi) is 10.7. The van der Waals surface area contributed by atoms with Crippen molar-refractivity contribution in [3.63, 3.8) is 0 Å². The summed E-state index contributed by atoms with van der Waals surface area (Å²) < 4.78 is 41.9. The highest BCUT2D eigenvalue weighted by molar-refractivity contribution is 6.03. The lowest BCUT2D eigenvalue weighted by atomic mass is 9.71. The summed E-state index contributed by atoms with van der Waals surface area (Å²) in [5, 5.41) is 8.24. The maximum absolute atomic E-state index is 15.3. The fourth-order valence-corrected chi connectivity index (χ4v) is 9.47. The van der Waals surface area contributed by atoms with Gasteiger partial charge in [0.1, 0.15) is 17.9 Å². The van der Waals surface area contributed by atoms with E-state index in [0.29, 0.717) is 54.8 Å². The number of nitrogens with zero attached hydrogens (tertiary/aromatic N) is 1. The van der Waals surface area contributed by atoms with Crippen molar-refractivity contribution >= 4 is 35.1 Å². The Morgan fingerprint density at radius 2 is 1.88 bits per heavy atom. The minimum absolute atomic E-state index is 0.0380. The molecule has 0 aromatic heterocycles. The van der Waals surface area contributed by atoms with Crippen LogP contribution in [0, 0.1) is 29.1 Å². The molecule has 8 atom stereocenters. The van der Waals surface area contributed by atoms with Gasteiger partial charge in [0.2, 0.25) is 5.91 Å². The van der Waals surface area contributed by atoms with Crippen LogP contribution in [0.15, 0.2) is 18.2 Å². The van der Waals surface area contributed by atoms with Crippen LogP contribution in [-0.2, 0) is 19.1 Å². The van der Waals surface area contributed by atoms with Crippen LogP contribution in [0.4, 0.5) is 25.0 Å². The minimum Gasteiger partial charge on any atom is -0.497 e. The van der Waals surface area contributed by atoms with E-state index in [-0.39, 0.29) is 41.5 Å². The molecule has 0 radical (unpaired) electrons. The van der Waals surface area contributed by atoms with Crippen LogP contribution in [0.5, 0.6) is 5.75 Å². The van der Waals surface area contributed by atoms with Gasteiger partial charge in [0.05, 0.1) is 24.5 Å². The second-order valence-electron chi connectivity index (χ2n) is 16.1. The maximum Gasteiger partial charge on any atom is 0.408 e. The van der Waals surface area contributed by atoms with Gasteiger partial charge in [-0.05, 0) is 99.5 Å². The van der Waals surface area contributed by atoms with E-state index in [1.54, 1.807) is 23.1 Å². The van der Waals surface area contributed by atoms with Crippen molar-refractivity contribution in [3.05, 3.63) is 18.2 Å². The van der Waals surface area contributed by atoms with Crippen molar-refractivity contribution in [2.24, 2.45) is 29.1 Å². The van der Waals surface area contributed by atoms with Crippen LogP contribution >= 0.6 is 0 Å². The highest BCUT2D eigenvalue weighted by Crippen LogP contribution is 2.58. The number of unbranched alkanes of at least 4 members (excludes halogenated alkanes) is 1. The summed E-state index contributed by atoms with van der Waals surface area (Å²) in [5.41, 5.74) is 0.735. The summed E-state index contributed by atoms with van der Waals surface area (Å²) in [6.07, 6.45) is 8.33. The average molecular weight is 701 g/mol. The van der Waals surface area contributed by atoms with Crippen molar-refractivity contribution in [1.29, 1.82) is 0 Å². The van der Waals surface area contributed by atoms with Crippen LogP contribution < -0.4 is 20.7 Å². The number of likely N-dealkylation sites (tertiary alicyclic amines) is 1. The molecular weight excluding hydrogens is 646 g/mol. The topological polar surface area (TPSA) is 126 Å². The normalized spacial score (nSPS) is 30.3. The first-order valence-corrected chi connectivity index (χ1v) is 18.7. The summed E-state index contributed by atoms with van der Waals surface area (Å²) in [5.74, 6) is -2.76. The van der Waals surface area contributed by atoms with E-state index in [9.17, 15) is 19.2 Å². The van der Waals surface area contributed by atoms with Gasteiger partial charge in [0.15, 0.2) is 11.8 Å². The zero-order valence-electron chi connectivity index (χ0n) is 29.9. The van der Waals surface area contributed by atoms with Crippen LogP contribution in [0.25, 0.3) is 0 Å². The molecule has 12 heteroatoms. The summed E-state index contributed by atoms with van der Waals surface area (Å²) in [7, 11) is 1.49. The van der Waals surface area contributed by atoms with Crippen molar-refractivity contribution in [1.82, 2.24) is 10.2 Å². The smallest absolute Gasteiger partial charge is 0.408 e. The Morgan fingerprint density at radius 1 is 1.12 bits per heavy atom. The van der Waals surface area contributed by atoms with Gasteiger partial charge < -0.3 is 30.3 Å². The summed E-state index contributed by atoms with van der Waals surface area (Å²) in [6.45, 7) is 6.20. The molecule has 4 fully saturated rings. The lowest BCUT2D eigenvalue weighted by Gasteiger charge is -2.38. The van der Waals surface area contributed by atoms with E-state index in [1.807, 2.05) is 6.92 Å². The van der Waals surface area contributed by atoms with E-state index in [4.69, 9.17) is 9.47 Å². The summed E-state index contributed by atoms with van der Waals surface area (Å²) >= 11 is 0. The number of halogens is 2. The first-order chi connectivity index (χ1) is 23.8. The minimum atomic E-state index is -3.26. The molecule has 2 heterocycles. The molecule has 276 valence electrons. The molecule has 3 saturated carbocycles. The largest absolute Gasteiger partial charge is 0.497 e. The second kappa shape index (κ2) is 14.7. The Balaban J connectivity index is 1.03. The molecule has 5 unspecified atom stereocenters. The van der Waals surface area contributed by atoms with E-state index < -0.39 is 42.5 Å². The monoisotopic (exact) mass is 700 g/mol. The SMILES string of the molecule is COc1ccc2c(c1)NC(=O)C(C(F)(F)CCCC[C@H]1C(OC(=O)NC(CC3(C)CCCCC3)C(=O)N3CC[C@@H](C)[C@H]3C(C)=O)CC3CC31)N2. The number of benzene rings is 1. The Labute approximate surface area is 294 Å². The number of fused-ring (bicyclic) bond motifs is 2. The van der Waals surface area contributed by atoms with Gasteiger partial charge >= 0.3 is 6.09 Å². The van der Waals surface area contributed by atoms with Gasteiger partial charge in [-0.3, -0.25) is 14.4 Å². The third kappa shape index (κ3) is 7.88. The molecule has 0 spiro atoms. The number of hydrogen-bond acceptors (Lipinski definition) is 7. The quantitative estimate of drug-likeness (QED) is 0.191. The Bertz CT molecular complexity index is 1450. The van der Waals surface area contributed by atoms with Gasteiger partial charge in [0.25, 0.3) is 11.8 Å². The molecule has 1 aromatic rings. The molecule has 1 saturated heterocycles. The van der Waals surface area contributed by atoms with E-state index >= 15 is 8.78 Å². The summed E-state index contributed by atoms with van der Waals surface area (Å²) in [6, 6.07) is 1.91. The number of rotatable bonds is 13. The number of hydrogen-bond donors (Lipinski definition) is 3. The third-order valence-electron chi connectivity index (χ3n) is 12.3. The molecule has 3 N–H and O–H groups in total. The van der Waals surface area contributed by atoms with Crippen molar-refractivity contribution in [3.8, 4) is 5.75 Å². The molecule has 10 nitrogen and oxygen atoms in total. The number of alkyl halides is 2. The van der Waals surface area contributed by atoms with Gasteiger partial charge in [-0.15, -0.1) is 0 Å². The highest BCUT2D eigenvalue weighted by atomic mass is 19.3. The van der Waals surface area contributed by atoms with Crippen LogP contribution in [-0.4, -0.2) is 72.4 Å². The van der Waals surface area contributed by atoms with Gasteiger partial charge in [-0.1, -0.05) is 39.5 Å². The molecule has 50 heavy (non-hydrogen) atoms. The maximum atomic E-state index is 15.3. The molecule has 1 aromatic carbocycles. The van der Waals surface area contributed by atoms with Gasteiger partial charge in [-0.2, -0.15) is 0 Å². The number of nitrogens with one attached hydrogen (secondary N) is 3. The zero-order chi connectivity index (χ0) is 35.8. The van der Waals surface area contributed by atoms with E-state index in [1.165, 1.54) is 20.5 Å². The first-order valence-electron chi connectivity index (χ1n) is 18.7. The fraction of sp³-hybridized carbons (Fsp3) is 0.737. The third-order valence-corrected chi connectivity index (χ3v) is 12.3. The zero-order valence-corrected chi connectivity index (χ0v) is 29.9. The Hall–Kier alpha value is -3.44. The molecule has 3 amide bonds. The molecule has 5 aliphatic rings. The number of carbonyl (C=O) groups is 4. The molecule has 3 aliphatic carbocycles. The number of alkyl carbamates (subject to hydrolysis) is 1. The molecular formula is C38H54F2N4O6. The molecule has 6 rings (SSSR count). The van der Waals surface area contributed by atoms with Gasteiger partial charge in [-0.25, -0.2) is 13.6 Å². The van der Waals surface area contributed by atoms with Crippen molar-refractivity contribution in [2.75, 3.05) is 24.3 Å². The number of ketones is 1. The number of Topliss-reactive ketones (excluding diaryl/α,β-unsaturated/α-hetero) is 1. The number of amides is 3. The molecule has 0 bridgehead atoms.